The summed E-state index contributed by atoms with van der Waals surface area (Å²) in [6.07, 6.45) is 1.37. The van der Waals surface area contributed by atoms with Crippen molar-refractivity contribution in [1.29, 1.82) is 0 Å². The number of hydrogen-bond acceptors (Lipinski definition) is 4. The van der Waals surface area contributed by atoms with Crippen molar-refractivity contribution in [3.8, 4) is 5.69 Å². The van der Waals surface area contributed by atoms with Gasteiger partial charge in [0.25, 0.3) is 0 Å². The SMILES string of the molecule is Cc1ccc(-n2nc(C)c3c2NC2=C(C(=O)CC(C)(C)C2)[C@@H]3c2ccc(C)o2)cc1. The largest absolute Gasteiger partial charge is 0.465 e. The molecular formula is C25H27N3O2. The summed E-state index contributed by atoms with van der Waals surface area (Å²) in [5.74, 6) is 2.55. The second-order valence-electron chi connectivity index (χ2n) is 9.43. The summed E-state index contributed by atoms with van der Waals surface area (Å²) in [4.78, 5) is 13.3. The van der Waals surface area contributed by atoms with Gasteiger partial charge in [0.15, 0.2) is 5.78 Å². The minimum Gasteiger partial charge on any atom is -0.465 e. The third-order valence-corrected chi connectivity index (χ3v) is 6.20. The maximum absolute atomic E-state index is 13.3. The molecule has 0 fully saturated rings. The molecule has 30 heavy (non-hydrogen) atoms. The number of aromatic nitrogens is 2. The van der Waals surface area contributed by atoms with Gasteiger partial charge in [-0.05, 0) is 56.9 Å². The number of Topliss-reactive ketones (excluding diaryl/α,β-unsaturated/α-hetero) is 1. The average Bonchev–Trinajstić information content (AvgIpc) is 3.23. The fourth-order valence-electron chi connectivity index (χ4n) is 4.84. The van der Waals surface area contributed by atoms with Crippen LogP contribution >= 0.6 is 0 Å². The van der Waals surface area contributed by atoms with Gasteiger partial charge in [0.1, 0.15) is 17.3 Å². The van der Waals surface area contributed by atoms with Crippen molar-refractivity contribution >= 4 is 11.6 Å². The zero-order valence-corrected chi connectivity index (χ0v) is 18.2. The Kier molecular flexibility index (Phi) is 4.07. The van der Waals surface area contributed by atoms with E-state index in [0.29, 0.717) is 6.42 Å². The van der Waals surface area contributed by atoms with E-state index in [2.05, 4.69) is 50.4 Å². The Balaban J connectivity index is 1.74. The number of carbonyl (C=O) groups excluding carboxylic acids is 1. The second kappa shape index (κ2) is 6.46. The molecule has 1 atom stereocenters. The standard InChI is InChI=1S/C25H27N3O2/c1-14-6-9-17(10-7-14)28-24-21(16(3)27-28)23(20-11-8-15(2)30-20)22-18(26-24)12-25(4,5)13-19(22)29/h6-11,23,26H,12-13H2,1-5H3/t23-/m1/s1. The number of nitrogens with one attached hydrogen (secondary N) is 1. The average molecular weight is 402 g/mol. The zero-order valence-electron chi connectivity index (χ0n) is 18.2. The molecule has 3 aromatic rings. The van der Waals surface area contributed by atoms with Crippen LogP contribution in [0, 0.1) is 26.2 Å². The van der Waals surface area contributed by atoms with E-state index in [4.69, 9.17) is 9.52 Å². The summed E-state index contributed by atoms with van der Waals surface area (Å²) in [6, 6.07) is 12.3. The molecule has 1 aliphatic carbocycles. The minimum absolute atomic E-state index is 0.0756. The minimum atomic E-state index is -0.229. The lowest BCUT2D eigenvalue weighted by Gasteiger charge is -2.38. The smallest absolute Gasteiger partial charge is 0.162 e. The van der Waals surface area contributed by atoms with Gasteiger partial charge in [0.2, 0.25) is 0 Å². The van der Waals surface area contributed by atoms with Gasteiger partial charge in [-0.3, -0.25) is 4.79 Å². The van der Waals surface area contributed by atoms with Crippen LogP contribution in [0.25, 0.3) is 5.69 Å². The van der Waals surface area contributed by atoms with E-state index in [0.717, 1.165) is 52.0 Å². The first kappa shape index (κ1) is 18.9. The number of furan rings is 1. The molecule has 2 aliphatic rings. The Morgan fingerprint density at radius 1 is 1.07 bits per heavy atom. The van der Waals surface area contributed by atoms with Crippen molar-refractivity contribution in [2.24, 2.45) is 5.41 Å². The molecule has 1 aromatic carbocycles. The van der Waals surface area contributed by atoms with E-state index in [1.807, 2.05) is 30.7 Å². The number of fused-ring (bicyclic) bond motifs is 1. The molecule has 5 heteroatoms. The van der Waals surface area contributed by atoms with Gasteiger partial charge < -0.3 is 9.73 Å². The van der Waals surface area contributed by atoms with Gasteiger partial charge in [0, 0.05) is 23.3 Å². The second-order valence-corrected chi connectivity index (χ2v) is 9.43. The van der Waals surface area contributed by atoms with Gasteiger partial charge in [-0.1, -0.05) is 31.5 Å². The quantitative estimate of drug-likeness (QED) is 0.608. The molecule has 2 aromatic heterocycles. The molecule has 3 heterocycles. The third kappa shape index (κ3) is 2.92. The highest BCUT2D eigenvalue weighted by Crippen LogP contribution is 2.50. The van der Waals surface area contributed by atoms with E-state index in [1.54, 1.807) is 0 Å². The molecule has 0 spiro atoms. The highest BCUT2D eigenvalue weighted by Gasteiger charge is 2.44. The Labute approximate surface area is 176 Å². The predicted molar refractivity (Wildman–Crippen MR) is 117 cm³/mol. The van der Waals surface area contributed by atoms with E-state index in [1.165, 1.54) is 5.56 Å². The van der Waals surface area contributed by atoms with Crippen LogP contribution in [0.3, 0.4) is 0 Å². The first-order chi connectivity index (χ1) is 14.2. The number of anilines is 1. The number of hydrogen-bond donors (Lipinski definition) is 1. The van der Waals surface area contributed by atoms with Crippen molar-refractivity contribution in [3.05, 3.63) is 76.0 Å². The lowest BCUT2D eigenvalue weighted by Crippen LogP contribution is -2.34. The maximum atomic E-state index is 13.3. The summed E-state index contributed by atoms with van der Waals surface area (Å²) in [7, 11) is 0. The fourth-order valence-corrected chi connectivity index (χ4v) is 4.84. The van der Waals surface area contributed by atoms with E-state index in [9.17, 15) is 4.79 Å². The molecule has 0 bridgehead atoms. The lowest BCUT2D eigenvalue weighted by atomic mass is 9.70. The fraction of sp³-hybridized carbons (Fsp3) is 0.360. The first-order valence-electron chi connectivity index (χ1n) is 10.5. The highest BCUT2D eigenvalue weighted by molar-refractivity contribution is 6.01. The van der Waals surface area contributed by atoms with Gasteiger partial charge in [-0.2, -0.15) is 5.10 Å². The number of allylic oxidation sites excluding steroid dienone is 2. The molecular weight excluding hydrogens is 374 g/mol. The number of carbonyl (C=O) groups is 1. The van der Waals surface area contributed by atoms with Gasteiger partial charge in [0.05, 0.1) is 17.3 Å². The predicted octanol–water partition coefficient (Wildman–Crippen LogP) is 5.59. The molecule has 0 radical (unpaired) electrons. The van der Waals surface area contributed by atoms with E-state index < -0.39 is 0 Å². The number of benzene rings is 1. The lowest BCUT2D eigenvalue weighted by molar-refractivity contribution is -0.118. The van der Waals surface area contributed by atoms with Crippen LogP contribution in [0.5, 0.6) is 0 Å². The number of rotatable bonds is 2. The summed E-state index contributed by atoms with van der Waals surface area (Å²) >= 11 is 0. The molecule has 1 N–H and O–H groups in total. The molecule has 0 saturated heterocycles. The zero-order chi connectivity index (χ0) is 21.2. The van der Waals surface area contributed by atoms with Crippen LogP contribution in [0.2, 0.25) is 0 Å². The number of nitrogens with zero attached hydrogens (tertiary/aromatic N) is 2. The van der Waals surface area contributed by atoms with Crippen LogP contribution in [-0.2, 0) is 4.79 Å². The molecule has 0 saturated carbocycles. The molecule has 5 rings (SSSR count). The monoisotopic (exact) mass is 401 g/mol. The first-order valence-corrected chi connectivity index (χ1v) is 10.5. The summed E-state index contributed by atoms with van der Waals surface area (Å²) in [5, 5.41) is 8.48. The topological polar surface area (TPSA) is 60.1 Å². The maximum Gasteiger partial charge on any atom is 0.162 e. The Hall–Kier alpha value is -3.08. The van der Waals surface area contributed by atoms with Crippen molar-refractivity contribution in [2.45, 2.75) is 53.4 Å². The van der Waals surface area contributed by atoms with Crippen molar-refractivity contribution in [3.63, 3.8) is 0 Å². The third-order valence-electron chi connectivity index (χ3n) is 6.20. The number of aryl methyl sites for hydroxylation is 3. The van der Waals surface area contributed by atoms with Crippen LogP contribution in [0.4, 0.5) is 5.82 Å². The van der Waals surface area contributed by atoms with E-state index >= 15 is 0 Å². The Morgan fingerprint density at radius 2 is 1.80 bits per heavy atom. The van der Waals surface area contributed by atoms with E-state index in [-0.39, 0.29) is 17.1 Å². The Morgan fingerprint density at radius 3 is 2.47 bits per heavy atom. The molecule has 0 unspecified atom stereocenters. The summed E-state index contributed by atoms with van der Waals surface area (Å²) in [6.45, 7) is 10.3. The van der Waals surface area contributed by atoms with Crippen LogP contribution in [-0.4, -0.2) is 15.6 Å². The van der Waals surface area contributed by atoms with Crippen LogP contribution < -0.4 is 5.32 Å². The van der Waals surface area contributed by atoms with Crippen LogP contribution in [0.15, 0.2) is 52.1 Å². The molecule has 1 aliphatic heterocycles. The molecule has 154 valence electrons. The highest BCUT2D eigenvalue weighted by atomic mass is 16.3. The van der Waals surface area contributed by atoms with Gasteiger partial charge in [-0.25, -0.2) is 4.68 Å². The van der Waals surface area contributed by atoms with Gasteiger partial charge in [-0.15, -0.1) is 0 Å². The summed E-state index contributed by atoms with van der Waals surface area (Å²) in [5.41, 5.74) is 5.89. The Bertz CT molecular complexity index is 1190. The normalized spacial score (nSPS) is 20.0. The molecule has 5 nitrogen and oxygen atoms in total. The van der Waals surface area contributed by atoms with Crippen molar-refractivity contribution < 1.29 is 9.21 Å². The molecule has 0 amide bonds. The van der Waals surface area contributed by atoms with Gasteiger partial charge >= 0.3 is 0 Å². The van der Waals surface area contributed by atoms with Crippen molar-refractivity contribution in [1.82, 2.24) is 9.78 Å². The number of ketones is 1. The van der Waals surface area contributed by atoms with Crippen LogP contribution in [0.1, 0.15) is 60.9 Å². The summed E-state index contributed by atoms with van der Waals surface area (Å²) < 4.78 is 8.02. The van der Waals surface area contributed by atoms with Crippen molar-refractivity contribution in [2.75, 3.05) is 5.32 Å².